The maximum atomic E-state index is 12.9. The molecule has 1 amide bonds. The van der Waals surface area contributed by atoms with Crippen LogP contribution >= 0.6 is 0 Å². The Labute approximate surface area is 183 Å². The molecule has 0 radical (unpaired) electrons. The molecule has 0 bridgehead atoms. The molecular weight excluding hydrogens is 418 g/mol. The van der Waals surface area contributed by atoms with Gasteiger partial charge in [-0.1, -0.05) is 12.5 Å². The van der Waals surface area contributed by atoms with Crippen molar-refractivity contribution in [3.05, 3.63) is 53.7 Å². The monoisotopic (exact) mass is 447 g/mol. The van der Waals surface area contributed by atoms with Crippen molar-refractivity contribution in [1.29, 1.82) is 0 Å². The number of amides is 1. The van der Waals surface area contributed by atoms with E-state index in [0.717, 1.165) is 24.8 Å². The number of aromatic nitrogens is 1. The first-order valence-electron chi connectivity index (χ1n) is 10.4. The summed E-state index contributed by atoms with van der Waals surface area (Å²) in [5.41, 5.74) is 1.13. The van der Waals surface area contributed by atoms with Crippen LogP contribution in [0.25, 0.3) is 0 Å². The Balaban J connectivity index is 1.64. The van der Waals surface area contributed by atoms with Gasteiger partial charge in [0.05, 0.1) is 11.5 Å². The Kier molecular flexibility index (Phi) is 8.00. The normalized spacial score (nSPS) is 17.3. The zero-order valence-corrected chi connectivity index (χ0v) is 18.7. The number of nitrogens with one attached hydrogen (secondary N) is 1. The third-order valence-corrected chi connectivity index (χ3v) is 7.31. The molecule has 1 aromatic heterocycles. The first-order chi connectivity index (χ1) is 14.9. The van der Waals surface area contributed by atoms with Crippen LogP contribution in [0.3, 0.4) is 0 Å². The molecule has 0 spiro atoms. The number of carbonyl (C=O) groups is 1. The largest absolute Gasteiger partial charge is 0.475 e. The van der Waals surface area contributed by atoms with Crippen molar-refractivity contribution in [3.63, 3.8) is 0 Å². The molecule has 1 atom stereocenters. The maximum Gasteiger partial charge on any atom is 0.251 e. The van der Waals surface area contributed by atoms with Crippen molar-refractivity contribution < 1.29 is 22.7 Å². The molecule has 1 fully saturated rings. The van der Waals surface area contributed by atoms with E-state index in [0.29, 0.717) is 31.2 Å². The molecule has 3 rings (SSSR count). The predicted octanol–water partition coefficient (Wildman–Crippen LogP) is 2.60. The second-order valence-corrected chi connectivity index (χ2v) is 9.37. The minimum absolute atomic E-state index is 0.0125. The van der Waals surface area contributed by atoms with Crippen LogP contribution in [0.1, 0.15) is 42.1 Å². The van der Waals surface area contributed by atoms with E-state index in [2.05, 4.69) is 10.3 Å². The molecule has 1 N–H and O–H groups in total. The second-order valence-electron chi connectivity index (χ2n) is 7.48. The molecular formula is C22H29N3O5S. The van der Waals surface area contributed by atoms with Crippen LogP contribution in [-0.2, 0) is 21.3 Å². The minimum atomic E-state index is -3.56. The molecule has 168 valence electrons. The predicted molar refractivity (Wildman–Crippen MR) is 116 cm³/mol. The number of benzene rings is 1. The van der Waals surface area contributed by atoms with Gasteiger partial charge in [-0.15, -0.1) is 0 Å². The highest BCUT2D eigenvalue weighted by atomic mass is 32.2. The first kappa shape index (κ1) is 23.2. The van der Waals surface area contributed by atoms with Gasteiger partial charge in [-0.2, -0.15) is 4.31 Å². The van der Waals surface area contributed by atoms with Gasteiger partial charge in [-0.25, -0.2) is 13.4 Å². The lowest BCUT2D eigenvalue weighted by Crippen LogP contribution is -2.41. The summed E-state index contributed by atoms with van der Waals surface area (Å²) in [7, 11) is -1.97. The molecule has 1 saturated heterocycles. The van der Waals surface area contributed by atoms with E-state index in [1.54, 1.807) is 23.7 Å². The fourth-order valence-corrected chi connectivity index (χ4v) is 5.23. The van der Waals surface area contributed by atoms with Gasteiger partial charge >= 0.3 is 0 Å². The zero-order valence-electron chi connectivity index (χ0n) is 17.9. The summed E-state index contributed by atoms with van der Waals surface area (Å²) in [5, 5.41) is 2.82. The van der Waals surface area contributed by atoms with E-state index in [9.17, 15) is 13.2 Å². The van der Waals surface area contributed by atoms with Gasteiger partial charge in [-0.05, 0) is 50.1 Å². The molecule has 9 heteroatoms. The average molecular weight is 448 g/mol. The zero-order chi connectivity index (χ0) is 22.3. The van der Waals surface area contributed by atoms with Gasteiger partial charge in [0.1, 0.15) is 6.61 Å². The molecule has 0 saturated carbocycles. The van der Waals surface area contributed by atoms with Gasteiger partial charge in [0.25, 0.3) is 5.91 Å². The molecule has 31 heavy (non-hydrogen) atoms. The van der Waals surface area contributed by atoms with Crippen LogP contribution in [0.4, 0.5) is 0 Å². The van der Waals surface area contributed by atoms with Crippen LogP contribution in [-0.4, -0.2) is 56.5 Å². The van der Waals surface area contributed by atoms with Gasteiger partial charge in [-0.3, -0.25) is 4.79 Å². The number of pyridine rings is 1. The number of rotatable bonds is 9. The molecule has 2 heterocycles. The fraction of sp³-hybridized carbons (Fsp3) is 0.455. The molecule has 1 aliphatic heterocycles. The van der Waals surface area contributed by atoms with Crippen molar-refractivity contribution >= 4 is 15.9 Å². The van der Waals surface area contributed by atoms with Crippen LogP contribution in [0.5, 0.6) is 5.88 Å². The van der Waals surface area contributed by atoms with Crippen molar-refractivity contribution in [2.75, 3.05) is 26.9 Å². The van der Waals surface area contributed by atoms with Crippen LogP contribution in [0.15, 0.2) is 47.5 Å². The van der Waals surface area contributed by atoms with E-state index < -0.39 is 10.0 Å². The minimum Gasteiger partial charge on any atom is -0.475 e. The van der Waals surface area contributed by atoms with E-state index in [-0.39, 0.29) is 23.4 Å². The molecule has 2 aromatic rings. The summed E-state index contributed by atoms with van der Waals surface area (Å²) in [6.45, 7) is 3.50. The Morgan fingerprint density at radius 2 is 1.97 bits per heavy atom. The number of sulfonamides is 1. The Morgan fingerprint density at radius 3 is 2.68 bits per heavy atom. The third-order valence-electron chi connectivity index (χ3n) is 5.28. The summed E-state index contributed by atoms with van der Waals surface area (Å²) >= 11 is 0. The highest BCUT2D eigenvalue weighted by Crippen LogP contribution is 2.25. The highest BCUT2D eigenvalue weighted by molar-refractivity contribution is 7.89. The first-order valence-corrected chi connectivity index (χ1v) is 11.8. The van der Waals surface area contributed by atoms with E-state index in [1.807, 2.05) is 13.0 Å². The summed E-state index contributed by atoms with van der Waals surface area (Å²) in [6.07, 6.45) is 4.40. The topological polar surface area (TPSA) is 97.8 Å². The van der Waals surface area contributed by atoms with E-state index >= 15 is 0 Å². The lowest BCUT2D eigenvalue weighted by molar-refractivity contribution is 0.0950. The summed E-state index contributed by atoms with van der Waals surface area (Å²) in [6, 6.07) is 9.65. The van der Waals surface area contributed by atoms with E-state index in [4.69, 9.17) is 9.47 Å². The highest BCUT2D eigenvalue weighted by Gasteiger charge is 2.30. The number of ether oxygens (including phenoxy) is 2. The van der Waals surface area contributed by atoms with Crippen molar-refractivity contribution in [2.24, 2.45) is 0 Å². The number of carbonyl (C=O) groups excluding carboxylic acids is 1. The Morgan fingerprint density at radius 1 is 1.19 bits per heavy atom. The average Bonchev–Trinajstić information content (AvgIpc) is 2.78. The van der Waals surface area contributed by atoms with Crippen molar-refractivity contribution in [2.45, 2.75) is 43.7 Å². The van der Waals surface area contributed by atoms with Crippen molar-refractivity contribution in [3.8, 4) is 5.88 Å². The fourth-order valence-electron chi connectivity index (χ4n) is 3.53. The van der Waals surface area contributed by atoms with Crippen LogP contribution in [0.2, 0.25) is 0 Å². The van der Waals surface area contributed by atoms with Gasteiger partial charge in [0.15, 0.2) is 0 Å². The van der Waals surface area contributed by atoms with Crippen LogP contribution in [0, 0.1) is 0 Å². The molecule has 1 unspecified atom stereocenters. The Hall–Kier alpha value is -2.49. The van der Waals surface area contributed by atoms with Crippen LogP contribution < -0.4 is 10.1 Å². The number of methoxy groups -OCH3 is 1. The lowest BCUT2D eigenvalue weighted by Gasteiger charge is -2.32. The van der Waals surface area contributed by atoms with Gasteiger partial charge in [0.2, 0.25) is 15.9 Å². The smallest absolute Gasteiger partial charge is 0.251 e. The molecule has 1 aromatic carbocycles. The second kappa shape index (κ2) is 10.7. The SMILES string of the molecule is COCCOc1ncccc1CNC(=O)c1ccc(S(=O)(=O)N2CCCCC2C)cc1. The number of nitrogens with zero attached hydrogens (tertiary/aromatic N) is 2. The summed E-state index contributed by atoms with van der Waals surface area (Å²) in [5.74, 6) is 0.138. The van der Waals surface area contributed by atoms with E-state index in [1.165, 1.54) is 24.3 Å². The molecule has 1 aliphatic rings. The number of hydrogen-bond acceptors (Lipinski definition) is 6. The summed E-state index contributed by atoms with van der Waals surface area (Å²) < 4.78 is 38.0. The number of hydrogen-bond donors (Lipinski definition) is 1. The maximum absolute atomic E-state index is 12.9. The summed E-state index contributed by atoms with van der Waals surface area (Å²) in [4.78, 5) is 16.9. The molecule has 0 aliphatic carbocycles. The standard InChI is InChI=1S/C22H29N3O5S/c1-17-6-3-4-13-25(17)31(27,28)20-10-8-18(9-11-20)21(26)24-16-19-7-5-12-23-22(19)30-15-14-29-2/h5,7-12,17H,3-4,6,13-16H2,1-2H3,(H,24,26). The third kappa shape index (κ3) is 5.81. The van der Waals surface area contributed by atoms with Gasteiger partial charge in [0, 0.05) is 43.6 Å². The van der Waals surface area contributed by atoms with Gasteiger partial charge < -0.3 is 14.8 Å². The Bertz CT molecular complexity index is 979. The number of piperidine rings is 1. The molecule has 8 nitrogen and oxygen atoms in total. The lowest BCUT2D eigenvalue weighted by atomic mass is 10.1. The van der Waals surface area contributed by atoms with Crippen molar-refractivity contribution in [1.82, 2.24) is 14.6 Å². The quantitative estimate of drug-likeness (QED) is 0.594.